The highest BCUT2D eigenvalue weighted by atomic mass is 32.2. The lowest BCUT2D eigenvalue weighted by molar-refractivity contribution is -0.113. The molecule has 0 aromatic carbocycles. The second-order valence-corrected chi connectivity index (χ2v) is 8.40. The molecule has 0 radical (unpaired) electrons. The molecular formula is C15H22N2O2S2. The maximum absolute atomic E-state index is 11.4. The summed E-state index contributed by atoms with van der Waals surface area (Å²) in [4.78, 5) is 12.6. The first-order chi connectivity index (χ1) is 10.1. The van der Waals surface area contributed by atoms with E-state index in [2.05, 4.69) is 23.6 Å². The van der Waals surface area contributed by atoms with Crippen molar-refractivity contribution in [3.05, 3.63) is 10.9 Å². The van der Waals surface area contributed by atoms with Gasteiger partial charge >= 0.3 is 0 Å². The number of aliphatic hydroxyl groups is 1. The van der Waals surface area contributed by atoms with Gasteiger partial charge in [0.05, 0.1) is 21.3 Å². The molecule has 0 bridgehead atoms. The van der Waals surface area contributed by atoms with Gasteiger partial charge in [-0.15, -0.1) is 23.1 Å². The molecule has 1 saturated carbocycles. The van der Waals surface area contributed by atoms with E-state index >= 15 is 0 Å². The number of fused-ring (bicyclic) bond motifs is 1. The molecule has 1 fully saturated rings. The second-order valence-electron chi connectivity index (χ2n) is 6.07. The topological polar surface area (TPSA) is 61.4 Å². The van der Waals surface area contributed by atoms with E-state index < -0.39 is 5.60 Å². The lowest BCUT2D eigenvalue weighted by Crippen LogP contribution is -2.42. The minimum Gasteiger partial charge on any atom is -0.389 e. The molecule has 116 valence electrons. The molecule has 1 aromatic rings. The van der Waals surface area contributed by atoms with Gasteiger partial charge in [-0.2, -0.15) is 0 Å². The maximum Gasteiger partial charge on any atom is 0.234 e. The Morgan fingerprint density at radius 1 is 1.43 bits per heavy atom. The van der Waals surface area contributed by atoms with E-state index in [9.17, 15) is 9.90 Å². The Hall–Kier alpha value is -0.560. The smallest absolute Gasteiger partial charge is 0.234 e. The number of thioether (sulfide) groups is 1. The number of nitrogens with one attached hydrogen (secondary N) is 2. The van der Waals surface area contributed by atoms with Crippen LogP contribution in [-0.2, 0) is 4.79 Å². The van der Waals surface area contributed by atoms with Crippen molar-refractivity contribution in [2.75, 3.05) is 17.6 Å². The summed E-state index contributed by atoms with van der Waals surface area (Å²) in [5.41, 5.74) is 0.410. The normalized spacial score (nSPS) is 22.5. The summed E-state index contributed by atoms with van der Waals surface area (Å²) < 4.78 is 1.19. The molecule has 6 heteroatoms. The molecule has 1 aromatic heterocycles. The van der Waals surface area contributed by atoms with E-state index in [1.54, 1.807) is 23.1 Å². The Morgan fingerprint density at radius 2 is 2.19 bits per heavy atom. The van der Waals surface area contributed by atoms with Gasteiger partial charge in [0.2, 0.25) is 5.91 Å². The SMILES string of the molecule is CC(NCC1(O)CCCCC1)c1cc2c(s1)SCC(=O)N2. The zero-order chi connectivity index (χ0) is 14.9. The van der Waals surface area contributed by atoms with Crippen molar-refractivity contribution >= 4 is 34.7 Å². The third kappa shape index (κ3) is 3.62. The maximum atomic E-state index is 11.4. The zero-order valence-electron chi connectivity index (χ0n) is 12.3. The van der Waals surface area contributed by atoms with E-state index in [1.807, 2.05) is 0 Å². The molecule has 1 aliphatic carbocycles. The van der Waals surface area contributed by atoms with Crippen LogP contribution in [0.1, 0.15) is 49.9 Å². The molecule has 3 N–H and O–H groups in total. The average molecular weight is 326 g/mol. The highest BCUT2D eigenvalue weighted by Gasteiger charge is 2.29. The van der Waals surface area contributed by atoms with Crippen molar-refractivity contribution < 1.29 is 9.90 Å². The molecule has 0 spiro atoms. The summed E-state index contributed by atoms with van der Waals surface area (Å²) in [6, 6.07) is 2.26. The van der Waals surface area contributed by atoms with Crippen molar-refractivity contribution in [3.8, 4) is 0 Å². The van der Waals surface area contributed by atoms with Gasteiger partial charge in [-0.1, -0.05) is 19.3 Å². The third-order valence-corrected chi connectivity index (χ3v) is 6.88. The molecule has 21 heavy (non-hydrogen) atoms. The summed E-state index contributed by atoms with van der Waals surface area (Å²) in [6.45, 7) is 2.77. The summed E-state index contributed by atoms with van der Waals surface area (Å²) >= 11 is 3.34. The number of rotatable bonds is 4. The fourth-order valence-electron chi connectivity index (χ4n) is 2.95. The van der Waals surface area contributed by atoms with E-state index in [1.165, 1.54) is 15.5 Å². The first-order valence-electron chi connectivity index (χ1n) is 7.58. The molecule has 1 aliphatic heterocycles. The van der Waals surface area contributed by atoms with Gasteiger partial charge in [0.15, 0.2) is 0 Å². The van der Waals surface area contributed by atoms with Crippen LogP contribution in [0, 0.1) is 0 Å². The lowest BCUT2D eigenvalue weighted by atomic mass is 9.85. The zero-order valence-corrected chi connectivity index (χ0v) is 13.9. The van der Waals surface area contributed by atoms with E-state index in [-0.39, 0.29) is 11.9 Å². The van der Waals surface area contributed by atoms with Crippen molar-refractivity contribution in [2.24, 2.45) is 0 Å². The first kappa shape index (κ1) is 15.3. The van der Waals surface area contributed by atoms with Crippen LogP contribution in [0.2, 0.25) is 0 Å². The van der Waals surface area contributed by atoms with Crippen LogP contribution in [0.5, 0.6) is 0 Å². The molecule has 4 nitrogen and oxygen atoms in total. The number of hydrogen-bond donors (Lipinski definition) is 3. The molecule has 1 atom stereocenters. The average Bonchev–Trinajstić information content (AvgIpc) is 2.88. The Morgan fingerprint density at radius 3 is 2.95 bits per heavy atom. The van der Waals surface area contributed by atoms with Crippen molar-refractivity contribution in [1.29, 1.82) is 0 Å². The number of anilines is 1. The summed E-state index contributed by atoms with van der Waals surface area (Å²) in [6.07, 6.45) is 5.30. The van der Waals surface area contributed by atoms with Gasteiger partial charge in [-0.3, -0.25) is 4.79 Å². The minimum absolute atomic E-state index is 0.0778. The van der Waals surface area contributed by atoms with E-state index in [0.29, 0.717) is 12.3 Å². The molecule has 2 heterocycles. The van der Waals surface area contributed by atoms with Crippen LogP contribution < -0.4 is 10.6 Å². The molecule has 0 saturated heterocycles. The molecule has 2 aliphatic rings. The highest BCUT2D eigenvalue weighted by Crippen LogP contribution is 2.41. The number of carbonyl (C=O) groups is 1. The minimum atomic E-state index is -0.535. The predicted octanol–water partition coefficient (Wildman–Crippen LogP) is 3.14. The van der Waals surface area contributed by atoms with E-state index in [4.69, 9.17) is 0 Å². The van der Waals surface area contributed by atoms with Crippen LogP contribution in [0.15, 0.2) is 10.3 Å². The summed E-state index contributed by atoms with van der Waals surface area (Å²) in [5, 5.41) is 16.9. The van der Waals surface area contributed by atoms with Crippen LogP contribution in [0.3, 0.4) is 0 Å². The van der Waals surface area contributed by atoms with Gasteiger partial charge in [0, 0.05) is 17.5 Å². The fourth-order valence-corrected chi connectivity index (χ4v) is 5.12. The van der Waals surface area contributed by atoms with Gasteiger partial charge < -0.3 is 15.7 Å². The fraction of sp³-hybridized carbons (Fsp3) is 0.667. The highest BCUT2D eigenvalue weighted by molar-refractivity contribution is 8.02. The van der Waals surface area contributed by atoms with Crippen molar-refractivity contribution in [3.63, 3.8) is 0 Å². The number of carbonyl (C=O) groups excluding carboxylic acids is 1. The number of hydrogen-bond acceptors (Lipinski definition) is 5. The predicted molar refractivity (Wildman–Crippen MR) is 88.1 cm³/mol. The van der Waals surface area contributed by atoms with Crippen LogP contribution >= 0.6 is 23.1 Å². The first-order valence-corrected chi connectivity index (χ1v) is 9.38. The largest absolute Gasteiger partial charge is 0.389 e. The summed E-state index contributed by atoms with van der Waals surface area (Å²) in [7, 11) is 0. The molecular weight excluding hydrogens is 304 g/mol. The number of thiophene rings is 1. The quantitative estimate of drug-likeness (QED) is 0.795. The Labute approximate surface area is 133 Å². The Bertz CT molecular complexity index is 524. The molecule has 1 unspecified atom stereocenters. The third-order valence-electron chi connectivity index (χ3n) is 4.27. The number of amides is 1. The molecule has 1 amide bonds. The van der Waals surface area contributed by atoms with Gasteiger partial charge in [0.25, 0.3) is 0 Å². The van der Waals surface area contributed by atoms with Gasteiger partial charge in [0.1, 0.15) is 0 Å². The van der Waals surface area contributed by atoms with Gasteiger partial charge in [-0.25, -0.2) is 0 Å². The van der Waals surface area contributed by atoms with Crippen LogP contribution in [0.25, 0.3) is 0 Å². The van der Waals surface area contributed by atoms with E-state index in [0.717, 1.165) is 31.4 Å². The second kappa shape index (κ2) is 6.28. The van der Waals surface area contributed by atoms with Crippen LogP contribution in [0.4, 0.5) is 5.69 Å². The lowest BCUT2D eigenvalue weighted by Gasteiger charge is -2.33. The Balaban J connectivity index is 1.60. The van der Waals surface area contributed by atoms with Crippen LogP contribution in [-0.4, -0.2) is 28.9 Å². The van der Waals surface area contributed by atoms with Crippen molar-refractivity contribution in [1.82, 2.24) is 5.32 Å². The monoisotopic (exact) mass is 326 g/mol. The molecule has 3 rings (SSSR count). The van der Waals surface area contributed by atoms with Gasteiger partial charge in [-0.05, 0) is 25.8 Å². The summed E-state index contributed by atoms with van der Waals surface area (Å²) in [5.74, 6) is 0.586. The van der Waals surface area contributed by atoms with Crippen molar-refractivity contribution in [2.45, 2.75) is 54.9 Å². The Kier molecular flexibility index (Phi) is 4.59. The standard InChI is InChI=1S/C15H22N2O2S2/c1-10(16-9-15(19)5-3-2-4-6-15)12-7-11-14(21-12)20-8-13(18)17-11/h7,10,16,19H,2-6,8-9H2,1H3,(H,17,18).